The molecular formula is C21H34N2O4. The summed E-state index contributed by atoms with van der Waals surface area (Å²) < 4.78 is 22.2. The molecule has 0 radical (unpaired) electrons. The normalized spacial score (nSPS) is 24.6. The second-order valence-corrected chi connectivity index (χ2v) is 7.46. The standard InChI is InChI=1S/C21H34N2O4/c1-24-18-8-6-5-7-17(18)23-11-9-22(10-12-23)15-16-13-20(26-3)21(27-4)14-19(16)25-2/h13-14,17-18H,5-12,15H2,1-4H3. The van der Waals surface area contributed by atoms with Crippen molar-refractivity contribution in [1.82, 2.24) is 9.80 Å². The molecule has 152 valence electrons. The minimum Gasteiger partial charge on any atom is -0.496 e. The third kappa shape index (κ3) is 4.68. The molecule has 1 aromatic carbocycles. The van der Waals surface area contributed by atoms with Gasteiger partial charge in [-0.3, -0.25) is 9.80 Å². The second-order valence-electron chi connectivity index (χ2n) is 7.46. The van der Waals surface area contributed by atoms with Crippen LogP contribution in [-0.2, 0) is 11.3 Å². The van der Waals surface area contributed by atoms with Gasteiger partial charge in [0.2, 0.25) is 0 Å². The molecule has 1 saturated heterocycles. The summed E-state index contributed by atoms with van der Waals surface area (Å²) in [6.45, 7) is 5.17. The Morgan fingerprint density at radius 3 is 2.07 bits per heavy atom. The van der Waals surface area contributed by atoms with Gasteiger partial charge in [0.15, 0.2) is 11.5 Å². The van der Waals surface area contributed by atoms with Gasteiger partial charge in [-0.2, -0.15) is 0 Å². The van der Waals surface area contributed by atoms with Gasteiger partial charge in [-0.1, -0.05) is 12.8 Å². The lowest BCUT2D eigenvalue weighted by Crippen LogP contribution is -2.54. The molecule has 1 aromatic rings. The van der Waals surface area contributed by atoms with Crippen LogP contribution in [0.25, 0.3) is 0 Å². The van der Waals surface area contributed by atoms with E-state index >= 15 is 0 Å². The van der Waals surface area contributed by atoms with Crippen molar-refractivity contribution in [3.63, 3.8) is 0 Å². The van der Waals surface area contributed by atoms with Gasteiger partial charge in [-0.05, 0) is 18.9 Å². The van der Waals surface area contributed by atoms with Crippen molar-refractivity contribution in [1.29, 1.82) is 0 Å². The summed E-state index contributed by atoms with van der Waals surface area (Å²) in [7, 11) is 6.89. The van der Waals surface area contributed by atoms with E-state index < -0.39 is 0 Å². The molecule has 6 heteroatoms. The largest absolute Gasteiger partial charge is 0.496 e. The maximum absolute atomic E-state index is 5.76. The lowest BCUT2D eigenvalue weighted by molar-refractivity contribution is -0.0279. The summed E-state index contributed by atoms with van der Waals surface area (Å²) >= 11 is 0. The van der Waals surface area contributed by atoms with Gasteiger partial charge in [-0.25, -0.2) is 0 Å². The molecule has 0 amide bonds. The summed E-state index contributed by atoms with van der Waals surface area (Å²) in [5.41, 5.74) is 1.14. The zero-order chi connectivity index (χ0) is 19.2. The van der Waals surface area contributed by atoms with Crippen molar-refractivity contribution in [3.05, 3.63) is 17.7 Å². The van der Waals surface area contributed by atoms with Crippen molar-refractivity contribution < 1.29 is 18.9 Å². The van der Waals surface area contributed by atoms with Crippen LogP contribution in [0.15, 0.2) is 12.1 Å². The fourth-order valence-electron chi connectivity index (χ4n) is 4.48. The molecule has 27 heavy (non-hydrogen) atoms. The molecule has 3 rings (SSSR count). The van der Waals surface area contributed by atoms with E-state index in [2.05, 4.69) is 9.80 Å². The second kappa shape index (κ2) is 9.62. The number of piperazine rings is 1. The Balaban J connectivity index is 1.62. The Morgan fingerprint density at radius 2 is 1.44 bits per heavy atom. The van der Waals surface area contributed by atoms with Crippen LogP contribution in [0.5, 0.6) is 17.2 Å². The zero-order valence-corrected chi connectivity index (χ0v) is 17.2. The molecule has 6 nitrogen and oxygen atoms in total. The fourth-order valence-corrected chi connectivity index (χ4v) is 4.48. The van der Waals surface area contributed by atoms with E-state index in [-0.39, 0.29) is 0 Å². The SMILES string of the molecule is COc1cc(OC)c(OC)cc1CN1CCN(C2CCCCC2OC)CC1. The Bertz CT molecular complexity index is 602. The number of hydrogen-bond acceptors (Lipinski definition) is 6. The summed E-state index contributed by atoms with van der Waals surface area (Å²) in [5, 5.41) is 0. The van der Waals surface area contributed by atoms with Crippen LogP contribution in [0.3, 0.4) is 0 Å². The molecule has 1 aliphatic carbocycles. The highest BCUT2D eigenvalue weighted by atomic mass is 16.5. The number of hydrogen-bond donors (Lipinski definition) is 0. The smallest absolute Gasteiger partial charge is 0.164 e. The number of ether oxygens (including phenoxy) is 4. The maximum atomic E-state index is 5.76. The van der Waals surface area contributed by atoms with Crippen LogP contribution < -0.4 is 14.2 Å². The van der Waals surface area contributed by atoms with Crippen LogP contribution >= 0.6 is 0 Å². The Hall–Kier alpha value is -1.50. The van der Waals surface area contributed by atoms with E-state index in [0.29, 0.717) is 17.9 Å². The average molecular weight is 379 g/mol. The molecule has 1 aliphatic heterocycles. The van der Waals surface area contributed by atoms with E-state index in [1.165, 1.54) is 25.7 Å². The molecule has 0 spiro atoms. The van der Waals surface area contributed by atoms with E-state index in [4.69, 9.17) is 18.9 Å². The highest BCUT2D eigenvalue weighted by Crippen LogP contribution is 2.35. The van der Waals surface area contributed by atoms with Crippen molar-refractivity contribution in [3.8, 4) is 17.2 Å². The molecule has 0 bridgehead atoms. The molecule has 0 aromatic heterocycles. The van der Waals surface area contributed by atoms with Crippen LogP contribution in [0, 0.1) is 0 Å². The van der Waals surface area contributed by atoms with E-state index in [1.807, 2.05) is 19.2 Å². The van der Waals surface area contributed by atoms with E-state index in [1.54, 1.807) is 21.3 Å². The highest BCUT2D eigenvalue weighted by Gasteiger charge is 2.32. The number of benzene rings is 1. The fraction of sp³-hybridized carbons (Fsp3) is 0.714. The van der Waals surface area contributed by atoms with Gasteiger partial charge < -0.3 is 18.9 Å². The third-order valence-electron chi connectivity index (χ3n) is 6.03. The van der Waals surface area contributed by atoms with Crippen LogP contribution in [0.1, 0.15) is 31.2 Å². The third-order valence-corrected chi connectivity index (χ3v) is 6.03. The number of methoxy groups -OCH3 is 4. The molecule has 1 saturated carbocycles. The molecular weight excluding hydrogens is 344 g/mol. The van der Waals surface area contributed by atoms with Gasteiger partial charge in [0.25, 0.3) is 0 Å². The monoisotopic (exact) mass is 378 g/mol. The maximum Gasteiger partial charge on any atom is 0.164 e. The highest BCUT2D eigenvalue weighted by molar-refractivity contribution is 5.50. The quantitative estimate of drug-likeness (QED) is 0.727. The van der Waals surface area contributed by atoms with Crippen molar-refractivity contribution in [2.24, 2.45) is 0 Å². The van der Waals surface area contributed by atoms with Gasteiger partial charge in [0.05, 0.1) is 27.4 Å². The summed E-state index contributed by atoms with van der Waals surface area (Å²) in [6.07, 6.45) is 5.49. The lowest BCUT2D eigenvalue weighted by Gasteiger charge is -2.43. The number of nitrogens with zero attached hydrogens (tertiary/aromatic N) is 2. The molecule has 2 atom stereocenters. The van der Waals surface area contributed by atoms with Crippen LogP contribution in [0.2, 0.25) is 0 Å². The predicted octanol–water partition coefficient (Wildman–Crippen LogP) is 2.79. The van der Waals surface area contributed by atoms with Gasteiger partial charge in [-0.15, -0.1) is 0 Å². The molecule has 2 unspecified atom stereocenters. The molecule has 1 heterocycles. The Kier molecular flexibility index (Phi) is 7.21. The topological polar surface area (TPSA) is 43.4 Å². The predicted molar refractivity (Wildman–Crippen MR) is 106 cm³/mol. The Morgan fingerprint density at radius 1 is 0.815 bits per heavy atom. The zero-order valence-electron chi connectivity index (χ0n) is 17.2. The average Bonchev–Trinajstić information content (AvgIpc) is 2.73. The van der Waals surface area contributed by atoms with Crippen LogP contribution in [0.4, 0.5) is 0 Å². The van der Waals surface area contributed by atoms with Gasteiger partial charge >= 0.3 is 0 Å². The first kappa shape index (κ1) is 20.2. The number of rotatable bonds is 7. The van der Waals surface area contributed by atoms with Crippen LogP contribution in [-0.4, -0.2) is 76.6 Å². The van der Waals surface area contributed by atoms with Crippen molar-refractivity contribution >= 4 is 0 Å². The van der Waals surface area contributed by atoms with Crippen molar-refractivity contribution in [2.75, 3.05) is 54.6 Å². The first-order valence-electron chi connectivity index (χ1n) is 9.98. The molecule has 2 aliphatic rings. The lowest BCUT2D eigenvalue weighted by atomic mass is 9.90. The van der Waals surface area contributed by atoms with E-state index in [0.717, 1.165) is 49.8 Å². The molecule has 0 N–H and O–H groups in total. The first-order valence-corrected chi connectivity index (χ1v) is 9.98. The Labute approximate surface area is 163 Å². The first-order chi connectivity index (χ1) is 13.2. The van der Waals surface area contributed by atoms with Gasteiger partial charge in [0.1, 0.15) is 5.75 Å². The summed E-state index contributed by atoms with van der Waals surface area (Å²) in [6, 6.07) is 4.53. The van der Waals surface area contributed by atoms with Crippen molar-refractivity contribution in [2.45, 2.75) is 44.4 Å². The minimum absolute atomic E-state index is 0.399. The summed E-state index contributed by atoms with van der Waals surface area (Å²) in [5.74, 6) is 2.30. The summed E-state index contributed by atoms with van der Waals surface area (Å²) in [4.78, 5) is 5.13. The minimum atomic E-state index is 0.399. The molecule has 2 fully saturated rings. The van der Waals surface area contributed by atoms with E-state index in [9.17, 15) is 0 Å². The van der Waals surface area contributed by atoms with Gasteiger partial charge in [0, 0.05) is 57.5 Å².